The highest BCUT2D eigenvalue weighted by atomic mass is 35.5. The number of thiazole rings is 1. The van der Waals surface area contributed by atoms with E-state index < -0.39 is 6.04 Å². The molecule has 0 fully saturated rings. The first-order chi connectivity index (χ1) is 13.9. The van der Waals surface area contributed by atoms with Gasteiger partial charge in [0.1, 0.15) is 6.04 Å². The van der Waals surface area contributed by atoms with Crippen LogP contribution >= 0.6 is 34.7 Å². The standard InChI is InChI=1S/C21H22ClN3O2S2/c1-12-10-13(2)18-17(11-12)29-21(24-18)25-20(27)16(8-9-28-3)23-19(26)14-6-4-5-7-15(14)22/h4-7,10-11,16H,8-9H2,1-3H3,(H,23,26)(H,24,25,27). The average molecular weight is 448 g/mol. The van der Waals surface area contributed by atoms with E-state index in [1.54, 1.807) is 36.0 Å². The summed E-state index contributed by atoms with van der Waals surface area (Å²) in [5.74, 6) is 0.0828. The molecular formula is C21H22ClN3O2S2. The molecule has 152 valence electrons. The van der Waals surface area contributed by atoms with Gasteiger partial charge in [-0.2, -0.15) is 11.8 Å². The summed E-state index contributed by atoms with van der Waals surface area (Å²) >= 11 is 9.16. The number of amides is 2. The van der Waals surface area contributed by atoms with E-state index in [0.717, 1.165) is 27.1 Å². The van der Waals surface area contributed by atoms with Crippen LogP contribution in [0.4, 0.5) is 5.13 Å². The first-order valence-electron chi connectivity index (χ1n) is 9.12. The van der Waals surface area contributed by atoms with Crippen LogP contribution in [0.25, 0.3) is 10.2 Å². The Kier molecular flexibility index (Phi) is 7.16. The normalized spacial score (nSPS) is 12.0. The van der Waals surface area contributed by atoms with Crippen LogP contribution in [0.3, 0.4) is 0 Å². The lowest BCUT2D eigenvalue weighted by atomic mass is 10.1. The second kappa shape index (κ2) is 9.61. The molecule has 3 aromatic rings. The largest absolute Gasteiger partial charge is 0.340 e. The van der Waals surface area contributed by atoms with E-state index in [0.29, 0.717) is 22.1 Å². The fraction of sp³-hybridized carbons (Fsp3) is 0.286. The van der Waals surface area contributed by atoms with Gasteiger partial charge in [0.15, 0.2) is 5.13 Å². The van der Waals surface area contributed by atoms with Crippen LogP contribution in [-0.2, 0) is 4.79 Å². The number of thioether (sulfide) groups is 1. The van der Waals surface area contributed by atoms with Crippen LogP contribution in [0.1, 0.15) is 27.9 Å². The van der Waals surface area contributed by atoms with Gasteiger partial charge in [-0.25, -0.2) is 4.98 Å². The van der Waals surface area contributed by atoms with E-state index >= 15 is 0 Å². The number of nitrogens with one attached hydrogen (secondary N) is 2. The Bertz CT molecular complexity index is 1050. The van der Waals surface area contributed by atoms with Gasteiger partial charge < -0.3 is 10.6 Å². The maximum atomic E-state index is 12.9. The molecule has 2 aromatic carbocycles. The van der Waals surface area contributed by atoms with Crippen molar-refractivity contribution in [2.24, 2.45) is 0 Å². The van der Waals surface area contributed by atoms with Crippen molar-refractivity contribution < 1.29 is 9.59 Å². The molecule has 1 unspecified atom stereocenters. The highest BCUT2D eigenvalue weighted by Gasteiger charge is 2.23. The minimum atomic E-state index is -0.680. The average Bonchev–Trinajstić information content (AvgIpc) is 3.07. The molecule has 1 atom stereocenters. The van der Waals surface area contributed by atoms with E-state index in [2.05, 4.69) is 27.8 Å². The SMILES string of the molecule is CSCCC(NC(=O)c1ccccc1Cl)C(=O)Nc1nc2c(C)cc(C)cc2s1. The minimum Gasteiger partial charge on any atom is -0.340 e. The van der Waals surface area contributed by atoms with Gasteiger partial charge in [-0.1, -0.05) is 41.1 Å². The quantitative estimate of drug-likeness (QED) is 0.531. The molecule has 0 saturated heterocycles. The molecular weight excluding hydrogens is 426 g/mol. The van der Waals surface area contributed by atoms with Gasteiger partial charge in [-0.15, -0.1) is 0 Å². The zero-order valence-electron chi connectivity index (χ0n) is 16.4. The Labute approximate surface area is 183 Å². The van der Waals surface area contributed by atoms with Crippen molar-refractivity contribution in [3.63, 3.8) is 0 Å². The van der Waals surface area contributed by atoms with Crippen molar-refractivity contribution in [1.29, 1.82) is 0 Å². The summed E-state index contributed by atoms with van der Waals surface area (Å²) in [6.45, 7) is 4.04. The van der Waals surface area contributed by atoms with E-state index in [1.807, 2.05) is 20.1 Å². The molecule has 0 bridgehead atoms. The summed E-state index contributed by atoms with van der Waals surface area (Å²) in [4.78, 5) is 30.1. The first-order valence-corrected chi connectivity index (χ1v) is 11.7. The van der Waals surface area contributed by atoms with Gasteiger partial charge in [0.25, 0.3) is 5.91 Å². The van der Waals surface area contributed by atoms with Gasteiger partial charge >= 0.3 is 0 Å². The van der Waals surface area contributed by atoms with Crippen molar-refractivity contribution in [3.05, 3.63) is 58.1 Å². The zero-order chi connectivity index (χ0) is 21.0. The van der Waals surface area contributed by atoms with Gasteiger partial charge in [0.05, 0.1) is 20.8 Å². The van der Waals surface area contributed by atoms with Crippen molar-refractivity contribution in [1.82, 2.24) is 10.3 Å². The Hall–Kier alpha value is -2.09. The maximum Gasteiger partial charge on any atom is 0.253 e. The van der Waals surface area contributed by atoms with Crippen LogP contribution < -0.4 is 10.6 Å². The number of nitrogens with zero attached hydrogens (tertiary/aromatic N) is 1. The van der Waals surface area contributed by atoms with Crippen LogP contribution in [0.5, 0.6) is 0 Å². The summed E-state index contributed by atoms with van der Waals surface area (Å²) in [5.41, 5.74) is 3.46. The molecule has 2 N–H and O–H groups in total. The second-order valence-corrected chi connectivity index (χ2v) is 9.15. The topological polar surface area (TPSA) is 71.1 Å². The molecule has 0 aliphatic carbocycles. The number of hydrogen-bond acceptors (Lipinski definition) is 5. The fourth-order valence-corrected chi connectivity index (χ4v) is 4.74. The predicted molar refractivity (Wildman–Crippen MR) is 123 cm³/mol. The van der Waals surface area contributed by atoms with Gasteiger partial charge in [0, 0.05) is 0 Å². The molecule has 5 nitrogen and oxygen atoms in total. The lowest BCUT2D eigenvalue weighted by Crippen LogP contribution is -2.44. The number of rotatable bonds is 7. The lowest BCUT2D eigenvalue weighted by Gasteiger charge is -2.17. The lowest BCUT2D eigenvalue weighted by molar-refractivity contribution is -0.118. The van der Waals surface area contributed by atoms with Crippen LogP contribution in [0, 0.1) is 13.8 Å². The molecule has 0 saturated carbocycles. The predicted octanol–water partition coefficient (Wildman–Crippen LogP) is 5.06. The smallest absolute Gasteiger partial charge is 0.253 e. The Morgan fingerprint density at radius 2 is 2.00 bits per heavy atom. The first kappa shape index (κ1) is 21.6. The summed E-state index contributed by atoms with van der Waals surface area (Å²) in [6, 6.07) is 10.2. The number of benzene rings is 2. The van der Waals surface area contributed by atoms with E-state index in [1.165, 1.54) is 11.3 Å². The van der Waals surface area contributed by atoms with Gasteiger partial charge in [0.2, 0.25) is 5.91 Å². The molecule has 0 spiro atoms. The van der Waals surface area contributed by atoms with Crippen LogP contribution in [0.15, 0.2) is 36.4 Å². The molecule has 0 aliphatic rings. The Balaban J connectivity index is 1.78. The third-order valence-corrected chi connectivity index (χ3v) is 6.30. The van der Waals surface area contributed by atoms with Crippen molar-refractivity contribution in [2.45, 2.75) is 26.3 Å². The number of fused-ring (bicyclic) bond motifs is 1. The van der Waals surface area contributed by atoms with Crippen molar-refractivity contribution in [2.75, 3.05) is 17.3 Å². The molecule has 3 rings (SSSR count). The monoisotopic (exact) mass is 447 g/mol. The van der Waals surface area contributed by atoms with E-state index in [9.17, 15) is 9.59 Å². The summed E-state index contributed by atoms with van der Waals surface area (Å²) in [5, 5.41) is 6.56. The van der Waals surface area contributed by atoms with Crippen LogP contribution in [0.2, 0.25) is 5.02 Å². The van der Waals surface area contributed by atoms with Crippen molar-refractivity contribution in [3.8, 4) is 0 Å². The summed E-state index contributed by atoms with van der Waals surface area (Å²) in [6.07, 6.45) is 2.47. The number of carbonyl (C=O) groups excluding carboxylic acids is 2. The fourth-order valence-electron chi connectivity index (χ4n) is 3.00. The molecule has 0 aliphatic heterocycles. The number of aromatic nitrogens is 1. The molecule has 0 radical (unpaired) electrons. The van der Waals surface area contributed by atoms with E-state index in [4.69, 9.17) is 11.6 Å². The van der Waals surface area contributed by atoms with Gasteiger partial charge in [-0.05, 0) is 61.6 Å². The Morgan fingerprint density at radius 1 is 1.24 bits per heavy atom. The molecule has 2 amide bonds. The summed E-state index contributed by atoms with van der Waals surface area (Å²) < 4.78 is 1.03. The second-order valence-electron chi connectivity index (χ2n) is 6.72. The highest BCUT2D eigenvalue weighted by molar-refractivity contribution is 7.98. The number of carbonyl (C=O) groups is 2. The Morgan fingerprint density at radius 3 is 2.72 bits per heavy atom. The molecule has 1 heterocycles. The number of halogens is 1. The molecule has 8 heteroatoms. The number of anilines is 1. The third-order valence-electron chi connectivity index (χ3n) is 4.41. The molecule has 1 aromatic heterocycles. The van der Waals surface area contributed by atoms with Gasteiger partial charge in [-0.3, -0.25) is 9.59 Å². The maximum absolute atomic E-state index is 12.9. The number of aryl methyl sites for hydroxylation is 2. The van der Waals surface area contributed by atoms with Crippen LogP contribution in [-0.4, -0.2) is 34.8 Å². The zero-order valence-corrected chi connectivity index (χ0v) is 18.8. The van der Waals surface area contributed by atoms with Crippen molar-refractivity contribution >= 4 is 61.9 Å². The number of hydrogen-bond donors (Lipinski definition) is 2. The minimum absolute atomic E-state index is 0.284. The third kappa shape index (κ3) is 5.29. The highest BCUT2D eigenvalue weighted by Crippen LogP contribution is 2.29. The summed E-state index contributed by atoms with van der Waals surface area (Å²) in [7, 11) is 0. The molecule has 29 heavy (non-hydrogen) atoms. The van der Waals surface area contributed by atoms with E-state index in [-0.39, 0.29) is 11.8 Å².